The number of carbonyl (C=O) groups excluding carboxylic acids is 1. The Bertz CT molecular complexity index is 1620. The summed E-state index contributed by atoms with van der Waals surface area (Å²) >= 11 is 1.59. The third-order valence-corrected chi connectivity index (χ3v) is 8.25. The van der Waals surface area contributed by atoms with E-state index >= 15 is 0 Å². The molecule has 2 amide bonds. The van der Waals surface area contributed by atoms with Gasteiger partial charge in [0.2, 0.25) is 0 Å². The molecule has 4 aromatic rings. The molecule has 0 spiro atoms. The minimum atomic E-state index is -4.75. The van der Waals surface area contributed by atoms with Crippen LogP contribution in [0.15, 0.2) is 84.1 Å². The molecule has 230 valence electrons. The minimum absolute atomic E-state index is 0.215. The number of amides is 2. The number of nitrogens with one attached hydrogen (secondary N) is 1. The average Bonchev–Trinajstić information content (AvgIpc) is 3.47. The van der Waals surface area contributed by atoms with Gasteiger partial charge in [-0.2, -0.15) is 4.99 Å². The molecule has 1 aliphatic heterocycles. The van der Waals surface area contributed by atoms with E-state index in [-0.39, 0.29) is 17.8 Å². The number of carbonyl (C=O) groups is 1. The number of aliphatic imine (C=N–C) groups is 1. The van der Waals surface area contributed by atoms with E-state index in [9.17, 15) is 18.0 Å². The van der Waals surface area contributed by atoms with Gasteiger partial charge in [-0.3, -0.25) is 0 Å². The van der Waals surface area contributed by atoms with Crippen LogP contribution in [0.4, 0.5) is 23.7 Å². The van der Waals surface area contributed by atoms with Crippen molar-refractivity contribution in [1.82, 2.24) is 20.1 Å². The fourth-order valence-corrected chi connectivity index (χ4v) is 6.16. The van der Waals surface area contributed by atoms with Crippen molar-refractivity contribution in [1.29, 1.82) is 0 Å². The van der Waals surface area contributed by atoms with Gasteiger partial charge in [0.25, 0.3) is 0 Å². The highest BCUT2D eigenvalue weighted by Crippen LogP contribution is 2.35. The van der Waals surface area contributed by atoms with Gasteiger partial charge in [-0.05, 0) is 67.6 Å². The van der Waals surface area contributed by atoms with Crippen LogP contribution in [0.25, 0.3) is 17.1 Å². The maximum atomic E-state index is 13.1. The molecule has 0 saturated carbocycles. The number of hydrogen-bond acceptors (Lipinski definition) is 5. The van der Waals surface area contributed by atoms with Gasteiger partial charge in [-0.25, -0.2) is 14.5 Å². The second-order valence-corrected chi connectivity index (χ2v) is 11.9. The summed E-state index contributed by atoms with van der Waals surface area (Å²) in [7, 11) is 0. The highest BCUT2D eigenvalue weighted by molar-refractivity contribution is 8.14. The van der Waals surface area contributed by atoms with Crippen molar-refractivity contribution < 1.29 is 22.7 Å². The molecule has 12 heteroatoms. The van der Waals surface area contributed by atoms with Crippen LogP contribution in [0.5, 0.6) is 5.75 Å². The number of hydrogen-bond donors (Lipinski definition) is 1. The van der Waals surface area contributed by atoms with Crippen molar-refractivity contribution in [2.45, 2.75) is 58.5 Å². The number of alkyl halides is 3. The zero-order chi connectivity index (χ0) is 31.4. The van der Waals surface area contributed by atoms with Gasteiger partial charge in [0.05, 0.1) is 11.7 Å². The Kier molecular flexibility index (Phi) is 9.28. The number of anilines is 1. The molecule has 0 aliphatic carbocycles. The van der Waals surface area contributed by atoms with Crippen LogP contribution in [0.3, 0.4) is 0 Å². The maximum Gasteiger partial charge on any atom is 0.573 e. The van der Waals surface area contributed by atoms with E-state index in [0.717, 1.165) is 29.0 Å². The molecule has 8 nitrogen and oxygen atoms in total. The maximum absolute atomic E-state index is 13.1. The number of urea groups is 1. The van der Waals surface area contributed by atoms with Crippen molar-refractivity contribution >= 4 is 28.6 Å². The molecule has 1 saturated heterocycles. The van der Waals surface area contributed by atoms with Crippen molar-refractivity contribution in [2.24, 2.45) is 4.99 Å². The molecule has 3 aromatic carbocycles. The summed E-state index contributed by atoms with van der Waals surface area (Å²) in [5.74, 6) is 1.36. The van der Waals surface area contributed by atoms with Crippen LogP contribution in [-0.4, -0.2) is 44.1 Å². The number of thioether (sulfide) groups is 1. The van der Waals surface area contributed by atoms with Crippen LogP contribution in [0.1, 0.15) is 57.2 Å². The van der Waals surface area contributed by atoms with E-state index in [1.807, 2.05) is 43.3 Å². The van der Waals surface area contributed by atoms with Gasteiger partial charge in [0.15, 0.2) is 11.0 Å². The number of nitrogens with zero attached hydrogens (tertiary/aromatic N) is 5. The number of rotatable bonds is 7. The summed E-state index contributed by atoms with van der Waals surface area (Å²) < 4.78 is 42.7. The number of aromatic nitrogens is 3. The molecule has 0 radical (unpaired) electrons. The summed E-state index contributed by atoms with van der Waals surface area (Å²) in [5.41, 5.74) is 4.46. The lowest BCUT2D eigenvalue weighted by atomic mass is 9.99. The predicted octanol–water partition coefficient (Wildman–Crippen LogP) is 8.11. The summed E-state index contributed by atoms with van der Waals surface area (Å²) in [6.45, 7) is 8.39. The van der Waals surface area contributed by atoms with Gasteiger partial charge in [0.1, 0.15) is 12.1 Å². The molecular weight excluding hydrogens is 589 g/mol. The second kappa shape index (κ2) is 13.1. The second-order valence-electron chi connectivity index (χ2n) is 10.8. The predicted molar refractivity (Wildman–Crippen MR) is 167 cm³/mol. The van der Waals surface area contributed by atoms with Crippen LogP contribution in [-0.2, 0) is 0 Å². The van der Waals surface area contributed by atoms with Gasteiger partial charge in [-0.15, -0.1) is 18.3 Å². The van der Waals surface area contributed by atoms with E-state index in [1.54, 1.807) is 11.8 Å². The Hall–Kier alpha value is -4.32. The van der Waals surface area contributed by atoms with E-state index in [4.69, 9.17) is 0 Å². The van der Waals surface area contributed by atoms with E-state index in [1.165, 1.54) is 40.8 Å². The smallest absolute Gasteiger partial charge is 0.406 e. The first-order valence-corrected chi connectivity index (χ1v) is 15.3. The van der Waals surface area contributed by atoms with Gasteiger partial charge >= 0.3 is 12.4 Å². The van der Waals surface area contributed by atoms with E-state index < -0.39 is 12.4 Å². The molecule has 0 bridgehead atoms. The van der Waals surface area contributed by atoms with Crippen molar-refractivity contribution in [2.75, 3.05) is 10.7 Å². The van der Waals surface area contributed by atoms with Crippen LogP contribution in [0.2, 0.25) is 0 Å². The van der Waals surface area contributed by atoms with Crippen molar-refractivity contribution in [3.8, 4) is 22.8 Å². The van der Waals surface area contributed by atoms with Crippen LogP contribution < -0.4 is 15.0 Å². The Morgan fingerprint density at radius 2 is 1.75 bits per heavy atom. The molecule has 44 heavy (non-hydrogen) atoms. The van der Waals surface area contributed by atoms with E-state index in [0.29, 0.717) is 22.6 Å². The number of para-hydroxylation sites is 1. The molecule has 5 rings (SSSR count). The van der Waals surface area contributed by atoms with Crippen LogP contribution in [0, 0.1) is 0 Å². The Labute approximate surface area is 258 Å². The molecule has 2 unspecified atom stereocenters. The fraction of sp³-hybridized carbons (Fsp3) is 0.312. The van der Waals surface area contributed by atoms with Crippen molar-refractivity contribution in [3.63, 3.8) is 0 Å². The molecule has 1 N–H and O–H groups in total. The third-order valence-electron chi connectivity index (χ3n) is 7.26. The fourth-order valence-electron chi connectivity index (χ4n) is 4.96. The van der Waals surface area contributed by atoms with Crippen LogP contribution >= 0.6 is 11.8 Å². The first-order chi connectivity index (χ1) is 21.0. The minimum Gasteiger partial charge on any atom is -0.406 e. The Balaban J connectivity index is 1.25. The summed E-state index contributed by atoms with van der Waals surface area (Å²) in [4.78, 5) is 24.1. The van der Waals surface area contributed by atoms with Gasteiger partial charge in [0, 0.05) is 23.0 Å². The zero-order valence-corrected chi connectivity index (χ0v) is 25.6. The quantitative estimate of drug-likeness (QED) is 0.224. The summed E-state index contributed by atoms with van der Waals surface area (Å²) in [6.07, 6.45) is -2.27. The molecule has 2 atom stereocenters. The lowest BCUT2D eigenvalue weighted by Crippen LogP contribution is -2.42. The van der Waals surface area contributed by atoms with E-state index in [2.05, 4.69) is 62.9 Å². The molecule has 1 aliphatic rings. The Morgan fingerprint density at radius 3 is 2.43 bits per heavy atom. The topological polar surface area (TPSA) is 84.6 Å². The molecule has 2 heterocycles. The van der Waals surface area contributed by atoms with Crippen molar-refractivity contribution in [3.05, 3.63) is 90.3 Å². The first kappa shape index (κ1) is 31.1. The molecular formula is C32H33F3N6O2S. The van der Waals surface area contributed by atoms with Gasteiger partial charge in [-0.1, -0.05) is 68.1 Å². The summed E-state index contributed by atoms with van der Waals surface area (Å²) in [5, 5.41) is 8.13. The molecule has 1 fully saturated rings. The standard InChI is InChI=1S/C32H33F3N6O2S/c1-20(2)27-7-5-6-8-28(27)41-21(3)17-18-44-31(41)38-30(42)37-22(4)23-9-11-24(12-10-23)29-36-19-40(39-29)25-13-15-26(16-14-25)43-32(33,34)35/h5-16,19-22H,17-18H2,1-4H3,(H,37,42). The first-order valence-electron chi connectivity index (χ1n) is 14.3. The average molecular weight is 623 g/mol. The third kappa shape index (κ3) is 7.42. The number of halogens is 3. The zero-order valence-electron chi connectivity index (χ0n) is 24.7. The molecule has 1 aromatic heterocycles. The number of benzene rings is 3. The largest absolute Gasteiger partial charge is 0.573 e. The number of amidine groups is 1. The lowest BCUT2D eigenvalue weighted by molar-refractivity contribution is -0.274. The Morgan fingerprint density at radius 1 is 1.05 bits per heavy atom. The summed E-state index contributed by atoms with van der Waals surface area (Å²) in [6, 6.07) is 20.6. The SMILES string of the molecule is CC(C)c1ccccc1N1C(=NC(=O)NC(C)c2ccc(-c3ncn(-c4ccc(OC(F)(F)F)cc4)n3)cc2)SCCC1C. The highest BCUT2D eigenvalue weighted by atomic mass is 32.2. The number of ether oxygens (including phenoxy) is 1. The highest BCUT2D eigenvalue weighted by Gasteiger charge is 2.31. The van der Waals surface area contributed by atoms with Gasteiger partial charge < -0.3 is 15.0 Å². The lowest BCUT2D eigenvalue weighted by Gasteiger charge is -2.37. The normalized spacial score (nSPS) is 17.1. The monoisotopic (exact) mass is 622 g/mol.